The maximum Gasteiger partial charge on any atom is 0.143 e. The van der Waals surface area contributed by atoms with Gasteiger partial charge in [0.2, 0.25) is 0 Å². The van der Waals surface area contributed by atoms with Crippen molar-refractivity contribution in [3.05, 3.63) is 65.5 Å². The van der Waals surface area contributed by atoms with Crippen molar-refractivity contribution in [2.24, 2.45) is 0 Å². The first-order chi connectivity index (χ1) is 10.2. The van der Waals surface area contributed by atoms with E-state index < -0.39 is 0 Å². The van der Waals surface area contributed by atoms with Crippen LogP contribution in [0.4, 0.5) is 5.69 Å². The first-order valence-electron chi connectivity index (χ1n) is 6.86. The van der Waals surface area contributed by atoms with Gasteiger partial charge in [-0.2, -0.15) is 0 Å². The summed E-state index contributed by atoms with van der Waals surface area (Å²) in [5, 5.41) is 14.7. The number of aryl methyl sites for hydroxylation is 2. The molecule has 0 aliphatic carbocycles. The van der Waals surface area contributed by atoms with Gasteiger partial charge in [-0.05, 0) is 53.6 Å². The third kappa shape index (κ3) is 3.08. The van der Waals surface area contributed by atoms with E-state index in [-0.39, 0.29) is 0 Å². The van der Waals surface area contributed by atoms with Crippen molar-refractivity contribution >= 4 is 5.69 Å². The molecular weight excluding hydrogens is 262 g/mol. The van der Waals surface area contributed by atoms with Gasteiger partial charge < -0.3 is 5.32 Å². The summed E-state index contributed by atoms with van der Waals surface area (Å²) in [4.78, 5) is 0. The van der Waals surface area contributed by atoms with E-state index >= 15 is 0 Å². The fourth-order valence-corrected chi connectivity index (χ4v) is 2.32. The van der Waals surface area contributed by atoms with Gasteiger partial charge in [0.1, 0.15) is 6.33 Å². The minimum atomic E-state index is 0.811. The molecule has 0 fully saturated rings. The number of aromatic nitrogens is 4. The van der Waals surface area contributed by atoms with Gasteiger partial charge in [0, 0.05) is 12.2 Å². The largest absolute Gasteiger partial charge is 0.381 e. The third-order valence-corrected chi connectivity index (χ3v) is 3.37. The summed E-state index contributed by atoms with van der Waals surface area (Å²) in [5.41, 5.74) is 5.75. The lowest BCUT2D eigenvalue weighted by Crippen LogP contribution is -2.02. The van der Waals surface area contributed by atoms with Crippen LogP contribution in [0.3, 0.4) is 0 Å². The zero-order chi connectivity index (χ0) is 14.7. The topological polar surface area (TPSA) is 55.6 Å². The molecule has 0 unspecified atom stereocenters. The number of rotatable bonds is 4. The number of benzene rings is 2. The third-order valence-electron chi connectivity index (χ3n) is 3.37. The van der Waals surface area contributed by atoms with Crippen LogP contribution in [0.5, 0.6) is 0 Å². The van der Waals surface area contributed by atoms with Crippen LogP contribution in [0.15, 0.2) is 48.8 Å². The summed E-state index contributed by atoms with van der Waals surface area (Å²) < 4.78 is 1.67. The van der Waals surface area contributed by atoms with Crippen LogP contribution in [0.2, 0.25) is 0 Å². The molecule has 0 amide bonds. The highest BCUT2D eigenvalue weighted by atomic mass is 15.5. The Hall–Kier alpha value is -2.69. The summed E-state index contributed by atoms with van der Waals surface area (Å²) >= 11 is 0. The number of nitrogens with zero attached hydrogens (tertiary/aromatic N) is 4. The Bertz CT molecular complexity index is 734. The summed E-state index contributed by atoms with van der Waals surface area (Å²) in [7, 11) is 0. The van der Waals surface area contributed by atoms with Crippen LogP contribution < -0.4 is 5.32 Å². The van der Waals surface area contributed by atoms with E-state index in [1.165, 1.54) is 11.1 Å². The highest BCUT2D eigenvalue weighted by molar-refractivity contribution is 5.53. The molecule has 0 aliphatic rings. The molecule has 0 spiro atoms. The Balaban J connectivity index is 1.74. The predicted molar refractivity (Wildman–Crippen MR) is 82.4 cm³/mol. The molecule has 3 rings (SSSR count). The summed E-state index contributed by atoms with van der Waals surface area (Å²) in [5.74, 6) is 0. The van der Waals surface area contributed by atoms with Gasteiger partial charge in [-0.1, -0.05) is 29.8 Å². The monoisotopic (exact) mass is 279 g/mol. The van der Waals surface area contributed by atoms with E-state index in [4.69, 9.17) is 0 Å². The molecule has 0 atom stereocenters. The van der Waals surface area contributed by atoms with Crippen molar-refractivity contribution in [2.45, 2.75) is 20.4 Å². The van der Waals surface area contributed by atoms with Crippen molar-refractivity contribution in [3.63, 3.8) is 0 Å². The normalized spacial score (nSPS) is 10.6. The Morgan fingerprint density at radius 3 is 2.71 bits per heavy atom. The number of hydrogen-bond acceptors (Lipinski definition) is 4. The summed E-state index contributed by atoms with van der Waals surface area (Å²) in [6, 6.07) is 14.7. The summed E-state index contributed by atoms with van der Waals surface area (Å²) in [6.45, 7) is 4.97. The molecule has 0 saturated carbocycles. The molecule has 1 N–H and O–H groups in total. The van der Waals surface area contributed by atoms with E-state index in [1.807, 2.05) is 12.1 Å². The lowest BCUT2D eigenvalue weighted by Gasteiger charge is -2.10. The molecule has 2 aromatic carbocycles. The van der Waals surface area contributed by atoms with Gasteiger partial charge in [-0.15, -0.1) is 5.10 Å². The van der Waals surface area contributed by atoms with E-state index in [9.17, 15) is 0 Å². The number of tetrazole rings is 1. The van der Waals surface area contributed by atoms with Gasteiger partial charge in [0.05, 0.1) is 5.69 Å². The van der Waals surface area contributed by atoms with Crippen LogP contribution in [0, 0.1) is 13.8 Å². The lowest BCUT2D eigenvalue weighted by molar-refractivity contribution is 0.785. The van der Waals surface area contributed by atoms with Gasteiger partial charge in [0.25, 0.3) is 0 Å². The van der Waals surface area contributed by atoms with E-state index in [0.29, 0.717) is 0 Å². The van der Waals surface area contributed by atoms with Crippen molar-refractivity contribution in [2.75, 3.05) is 5.32 Å². The second-order valence-corrected chi connectivity index (χ2v) is 5.10. The predicted octanol–water partition coefficient (Wildman–Crippen LogP) is 2.89. The van der Waals surface area contributed by atoms with Gasteiger partial charge in [-0.25, -0.2) is 4.68 Å². The molecule has 3 aromatic rings. The van der Waals surface area contributed by atoms with Gasteiger partial charge in [-0.3, -0.25) is 0 Å². The quantitative estimate of drug-likeness (QED) is 0.798. The highest BCUT2D eigenvalue weighted by Gasteiger charge is 2.03. The Labute approximate surface area is 123 Å². The second kappa shape index (κ2) is 5.75. The Kier molecular flexibility index (Phi) is 3.64. The highest BCUT2D eigenvalue weighted by Crippen LogP contribution is 2.18. The number of nitrogens with one attached hydrogen (secondary N) is 1. The van der Waals surface area contributed by atoms with Crippen molar-refractivity contribution in [1.82, 2.24) is 20.2 Å². The average molecular weight is 279 g/mol. The minimum absolute atomic E-state index is 0.811. The second-order valence-electron chi connectivity index (χ2n) is 5.10. The first kappa shape index (κ1) is 13.3. The van der Waals surface area contributed by atoms with E-state index in [0.717, 1.165) is 23.5 Å². The van der Waals surface area contributed by atoms with E-state index in [1.54, 1.807) is 11.0 Å². The molecule has 1 aromatic heterocycles. The van der Waals surface area contributed by atoms with Crippen LogP contribution in [-0.4, -0.2) is 20.2 Å². The van der Waals surface area contributed by atoms with Gasteiger partial charge in [0.15, 0.2) is 0 Å². The standard InChI is InChI=1S/C16H17N5/c1-12-4-3-5-14(8-12)10-17-15-6-7-16(13(2)9-15)21-11-18-19-20-21/h3-9,11,17H,10H2,1-2H3. The van der Waals surface area contributed by atoms with Crippen molar-refractivity contribution in [1.29, 1.82) is 0 Å². The molecule has 5 heteroatoms. The van der Waals surface area contributed by atoms with Crippen LogP contribution in [0.1, 0.15) is 16.7 Å². The first-order valence-corrected chi connectivity index (χ1v) is 6.86. The fraction of sp³-hybridized carbons (Fsp3) is 0.188. The summed E-state index contributed by atoms with van der Waals surface area (Å²) in [6.07, 6.45) is 1.60. The Morgan fingerprint density at radius 2 is 2.00 bits per heavy atom. The molecule has 0 aliphatic heterocycles. The zero-order valence-corrected chi connectivity index (χ0v) is 12.1. The maximum absolute atomic E-state index is 3.92. The zero-order valence-electron chi connectivity index (χ0n) is 12.1. The minimum Gasteiger partial charge on any atom is -0.381 e. The molecular formula is C16H17N5. The molecule has 106 valence electrons. The lowest BCUT2D eigenvalue weighted by atomic mass is 10.1. The molecule has 21 heavy (non-hydrogen) atoms. The van der Waals surface area contributed by atoms with Crippen molar-refractivity contribution < 1.29 is 0 Å². The smallest absolute Gasteiger partial charge is 0.143 e. The fourth-order valence-electron chi connectivity index (χ4n) is 2.32. The molecule has 1 heterocycles. The molecule has 0 radical (unpaired) electrons. The SMILES string of the molecule is Cc1cccc(CNc2ccc(-n3cnnn3)c(C)c2)c1. The van der Waals surface area contributed by atoms with Crippen molar-refractivity contribution in [3.8, 4) is 5.69 Å². The molecule has 5 nitrogen and oxygen atoms in total. The average Bonchev–Trinajstić information content (AvgIpc) is 2.99. The van der Waals surface area contributed by atoms with Gasteiger partial charge >= 0.3 is 0 Å². The number of hydrogen-bond donors (Lipinski definition) is 1. The number of anilines is 1. The molecule has 0 saturated heterocycles. The van der Waals surface area contributed by atoms with E-state index in [2.05, 4.69) is 65.0 Å². The Morgan fingerprint density at radius 1 is 1.10 bits per heavy atom. The maximum atomic E-state index is 3.92. The molecule has 0 bridgehead atoms. The van der Waals surface area contributed by atoms with Crippen LogP contribution >= 0.6 is 0 Å². The van der Waals surface area contributed by atoms with Crippen LogP contribution in [-0.2, 0) is 6.54 Å². The van der Waals surface area contributed by atoms with Crippen LogP contribution in [0.25, 0.3) is 5.69 Å².